The van der Waals surface area contributed by atoms with E-state index in [-0.39, 0.29) is 24.7 Å². The lowest BCUT2D eigenvalue weighted by Crippen LogP contribution is -2.41. The van der Waals surface area contributed by atoms with Gasteiger partial charge in [-0.05, 0) is 18.9 Å². The molecule has 0 saturated heterocycles. The Labute approximate surface area is 142 Å². The van der Waals surface area contributed by atoms with Crippen LogP contribution in [-0.2, 0) is 19.9 Å². The summed E-state index contributed by atoms with van der Waals surface area (Å²) in [5.74, 6) is -8.55. The lowest BCUT2D eigenvalue weighted by atomic mass is 10.2. The zero-order valence-electron chi connectivity index (χ0n) is 13.2. The normalized spacial score (nSPS) is 13.6. The summed E-state index contributed by atoms with van der Waals surface area (Å²) in [6.07, 6.45) is -0.0120. The minimum Gasteiger partial charge on any atom is -0.477 e. The number of sulfonamides is 1. The summed E-state index contributed by atoms with van der Waals surface area (Å²) in [7, 11) is -8.89. The highest BCUT2D eigenvalue weighted by molar-refractivity contribution is 7.94. The molecule has 0 aliphatic rings. The van der Waals surface area contributed by atoms with Crippen LogP contribution in [0.2, 0.25) is 0 Å². The lowest BCUT2D eigenvalue weighted by molar-refractivity contribution is 0.0684. The molecule has 0 heterocycles. The SMILES string of the molecule is CCCS(=O)(=O)C(CC)NS(=O)(=O)c1cc(F)c(F)c(C(=O)O)c1F. The van der Waals surface area contributed by atoms with Crippen molar-refractivity contribution in [3.8, 4) is 0 Å². The fourth-order valence-corrected chi connectivity index (χ4v) is 5.60. The Hall–Kier alpha value is -1.66. The number of carbonyl (C=O) groups is 1. The quantitative estimate of drug-likeness (QED) is 0.637. The number of halogens is 3. The zero-order chi connectivity index (χ0) is 19.6. The number of carboxylic acids is 1. The van der Waals surface area contributed by atoms with Gasteiger partial charge in [0.15, 0.2) is 27.3 Å². The molecule has 0 aromatic heterocycles. The Morgan fingerprint density at radius 3 is 2.16 bits per heavy atom. The van der Waals surface area contributed by atoms with Crippen LogP contribution >= 0.6 is 0 Å². The highest BCUT2D eigenvalue weighted by Gasteiger charge is 2.34. The first-order valence-electron chi connectivity index (χ1n) is 7.03. The largest absolute Gasteiger partial charge is 0.477 e. The van der Waals surface area contributed by atoms with Crippen LogP contribution in [0.4, 0.5) is 13.2 Å². The number of carboxylic acid groups (broad SMARTS) is 1. The molecule has 0 spiro atoms. The molecule has 0 amide bonds. The van der Waals surface area contributed by atoms with Crippen molar-refractivity contribution < 1.29 is 39.9 Å². The van der Waals surface area contributed by atoms with Crippen LogP contribution in [0, 0.1) is 17.5 Å². The van der Waals surface area contributed by atoms with Crippen molar-refractivity contribution in [3.63, 3.8) is 0 Å². The molecular weight excluding hydrogens is 387 g/mol. The van der Waals surface area contributed by atoms with E-state index in [0.29, 0.717) is 0 Å². The van der Waals surface area contributed by atoms with Gasteiger partial charge in [0.05, 0.1) is 5.75 Å². The third-order valence-corrected chi connectivity index (χ3v) is 7.12. The van der Waals surface area contributed by atoms with E-state index in [2.05, 4.69) is 0 Å². The highest BCUT2D eigenvalue weighted by atomic mass is 32.2. The van der Waals surface area contributed by atoms with Gasteiger partial charge in [-0.3, -0.25) is 0 Å². The van der Waals surface area contributed by atoms with Crippen LogP contribution < -0.4 is 4.72 Å². The summed E-state index contributed by atoms with van der Waals surface area (Å²) in [5, 5.41) is 7.10. The molecule has 12 heteroatoms. The molecule has 25 heavy (non-hydrogen) atoms. The van der Waals surface area contributed by atoms with E-state index in [1.54, 1.807) is 11.6 Å². The monoisotopic (exact) mass is 403 g/mol. The predicted octanol–water partition coefficient (Wildman–Crippen LogP) is 1.64. The van der Waals surface area contributed by atoms with E-state index in [9.17, 15) is 34.8 Å². The Bertz CT molecular complexity index is 884. The van der Waals surface area contributed by atoms with Crippen molar-refractivity contribution in [2.45, 2.75) is 37.0 Å². The zero-order valence-corrected chi connectivity index (χ0v) is 14.8. The summed E-state index contributed by atoms with van der Waals surface area (Å²) < 4.78 is 91.1. The van der Waals surface area contributed by atoms with Gasteiger partial charge in [-0.15, -0.1) is 0 Å². The summed E-state index contributed by atoms with van der Waals surface area (Å²) in [4.78, 5) is 9.35. The molecule has 1 unspecified atom stereocenters. The van der Waals surface area contributed by atoms with Crippen molar-refractivity contribution >= 4 is 25.8 Å². The number of rotatable bonds is 8. The fourth-order valence-electron chi connectivity index (χ4n) is 2.04. The van der Waals surface area contributed by atoms with Crippen molar-refractivity contribution in [3.05, 3.63) is 29.1 Å². The van der Waals surface area contributed by atoms with Gasteiger partial charge < -0.3 is 5.11 Å². The maximum Gasteiger partial charge on any atom is 0.341 e. The molecule has 2 N–H and O–H groups in total. The third kappa shape index (κ3) is 4.50. The molecule has 142 valence electrons. The van der Waals surface area contributed by atoms with E-state index < -0.39 is 59.1 Å². The number of aromatic carboxylic acids is 1. The Morgan fingerprint density at radius 1 is 1.16 bits per heavy atom. The van der Waals surface area contributed by atoms with E-state index in [0.717, 1.165) is 0 Å². The van der Waals surface area contributed by atoms with Crippen LogP contribution in [-0.4, -0.2) is 39.0 Å². The molecule has 7 nitrogen and oxygen atoms in total. The van der Waals surface area contributed by atoms with Gasteiger partial charge in [0.2, 0.25) is 10.0 Å². The van der Waals surface area contributed by atoms with Crippen molar-refractivity contribution in [1.82, 2.24) is 4.72 Å². The molecule has 0 saturated carbocycles. The molecule has 0 radical (unpaired) electrons. The Morgan fingerprint density at radius 2 is 1.72 bits per heavy atom. The maximum absolute atomic E-state index is 14.1. The van der Waals surface area contributed by atoms with Gasteiger partial charge in [-0.25, -0.2) is 34.8 Å². The number of benzene rings is 1. The Balaban J connectivity index is 3.48. The van der Waals surface area contributed by atoms with E-state index in [1.165, 1.54) is 6.92 Å². The molecule has 1 atom stereocenters. The molecule has 1 rings (SSSR count). The van der Waals surface area contributed by atoms with Gasteiger partial charge in [0, 0.05) is 0 Å². The summed E-state index contributed by atoms with van der Waals surface area (Å²) in [6.45, 7) is 2.90. The van der Waals surface area contributed by atoms with Crippen LogP contribution in [0.15, 0.2) is 11.0 Å². The smallest absolute Gasteiger partial charge is 0.341 e. The fraction of sp³-hybridized carbons (Fsp3) is 0.462. The lowest BCUT2D eigenvalue weighted by Gasteiger charge is -2.18. The molecule has 0 aliphatic heterocycles. The third-order valence-electron chi connectivity index (χ3n) is 3.21. The number of sulfone groups is 1. The second kappa shape index (κ2) is 7.70. The second-order valence-electron chi connectivity index (χ2n) is 5.05. The maximum atomic E-state index is 14.1. The standard InChI is InChI=1S/C13H16F3NO6S2/c1-3-5-24(20,21)9(4-2)17-25(22,23)8-6-7(14)11(15)10(12(8)16)13(18)19/h6,9,17H,3-5H2,1-2H3,(H,18,19). The van der Waals surface area contributed by atoms with Crippen molar-refractivity contribution in [2.24, 2.45) is 0 Å². The highest BCUT2D eigenvalue weighted by Crippen LogP contribution is 2.24. The average Bonchev–Trinajstić information content (AvgIpc) is 2.48. The minimum absolute atomic E-state index is 0.0431. The van der Waals surface area contributed by atoms with Crippen LogP contribution in [0.1, 0.15) is 37.0 Å². The van der Waals surface area contributed by atoms with E-state index in [1.807, 2.05) is 0 Å². The molecule has 1 aromatic rings. The minimum atomic E-state index is -4.97. The summed E-state index contributed by atoms with van der Waals surface area (Å²) >= 11 is 0. The van der Waals surface area contributed by atoms with E-state index in [4.69, 9.17) is 5.11 Å². The van der Waals surface area contributed by atoms with Crippen LogP contribution in [0.3, 0.4) is 0 Å². The number of hydrogen-bond donors (Lipinski definition) is 2. The first kappa shape index (κ1) is 21.4. The average molecular weight is 403 g/mol. The van der Waals surface area contributed by atoms with Gasteiger partial charge in [-0.2, -0.15) is 4.72 Å². The molecular formula is C13H16F3NO6S2. The van der Waals surface area contributed by atoms with E-state index >= 15 is 0 Å². The summed E-state index contributed by atoms with van der Waals surface area (Å²) in [5.41, 5.74) is -1.79. The van der Waals surface area contributed by atoms with Crippen LogP contribution in [0.25, 0.3) is 0 Å². The predicted molar refractivity (Wildman–Crippen MR) is 81.8 cm³/mol. The molecule has 0 aliphatic carbocycles. The number of hydrogen-bond acceptors (Lipinski definition) is 5. The Kier molecular flexibility index (Phi) is 6.59. The van der Waals surface area contributed by atoms with Gasteiger partial charge in [-0.1, -0.05) is 13.8 Å². The van der Waals surface area contributed by atoms with Crippen molar-refractivity contribution in [1.29, 1.82) is 0 Å². The van der Waals surface area contributed by atoms with Crippen LogP contribution in [0.5, 0.6) is 0 Å². The molecule has 1 aromatic carbocycles. The first-order valence-corrected chi connectivity index (χ1v) is 10.2. The van der Waals surface area contributed by atoms with Gasteiger partial charge in [0.25, 0.3) is 0 Å². The molecule has 0 fully saturated rings. The van der Waals surface area contributed by atoms with Gasteiger partial charge >= 0.3 is 5.97 Å². The first-order chi connectivity index (χ1) is 11.4. The van der Waals surface area contributed by atoms with Crippen molar-refractivity contribution in [2.75, 3.05) is 5.75 Å². The number of nitrogens with one attached hydrogen (secondary N) is 1. The topological polar surface area (TPSA) is 118 Å². The second-order valence-corrected chi connectivity index (χ2v) is 9.04. The van der Waals surface area contributed by atoms with Gasteiger partial charge in [0.1, 0.15) is 15.8 Å². The summed E-state index contributed by atoms with van der Waals surface area (Å²) in [6, 6.07) is -0.0431. The molecule has 0 bridgehead atoms.